The molecule has 0 spiro atoms. The van der Waals surface area contributed by atoms with Gasteiger partial charge in [0.25, 0.3) is 0 Å². The fraction of sp³-hybridized carbons (Fsp3) is 0. The molecule has 0 aliphatic carbocycles. The van der Waals surface area contributed by atoms with Gasteiger partial charge in [0.1, 0.15) is 10.0 Å². The summed E-state index contributed by atoms with van der Waals surface area (Å²) >= 11 is 2.20. The Labute approximate surface area is 105 Å². The van der Waals surface area contributed by atoms with E-state index in [1.807, 2.05) is 12.1 Å². The van der Waals surface area contributed by atoms with Gasteiger partial charge >= 0.3 is 0 Å². The summed E-state index contributed by atoms with van der Waals surface area (Å²) in [7, 11) is 0. The molecule has 0 unspecified atom stereocenters. The number of hydrogen-bond donors (Lipinski definition) is 0. The largest absolute Gasteiger partial charge is 0.244 e. The maximum atomic E-state index is 4.47. The van der Waals surface area contributed by atoms with Crippen LogP contribution in [0.4, 0.5) is 0 Å². The molecule has 78 valence electrons. The second-order valence-corrected chi connectivity index (χ2v) is 4.30. The van der Waals surface area contributed by atoms with E-state index < -0.39 is 0 Å². The van der Waals surface area contributed by atoms with Crippen LogP contribution in [0.15, 0.2) is 37.1 Å². The first-order chi connectivity index (χ1) is 7.84. The molecule has 3 rings (SSSR count). The van der Waals surface area contributed by atoms with Crippen LogP contribution in [-0.2, 0) is 0 Å². The van der Waals surface area contributed by atoms with Gasteiger partial charge in [-0.15, -0.1) is 0 Å². The molecule has 0 N–H and O–H groups in total. The Morgan fingerprint density at radius 1 is 1.06 bits per heavy atom. The van der Waals surface area contributed by atoms with Gasteiger partial charge in [-0.05, 0) is 34.7 Å². The molecule has 0 aliphatic heterocycles. The maximum absolute atomic E-state index is 4.47. The highest BCUT2D eigenvalue weighted by Gasteiger charge is 2.04. The lowest BCUT2D eigenvalue weighted by Gasteiger charge is -2.00. The molecule has 0 saturated carbocycles. The van der Waals surface area contributed by atoms with Crippen LogP contribution in [0.2, 0.25) is 0 Å². The number of rotatable bonds is 1. The normalized spacial score (nSPS) is 10.8. The van der Waals surface area contributed by atoms with E-state index in [2.05, 4.69) is 42.6 Å². The SMILES string of the molecule is Ic1cnc2ccc(-c3cncnc3)nn12. The molecule has 16 heavy (non-hydrogen) atoms. The van der Waals surface area contributed by atoms with Crippen LogP contribution < -0.4 is 0 Å². The molecule has 0 aliphatic rings. The van der Waals surface area contributed by atoms with E-state index in [0.717, 1.165) is 20.6 Å². The Hall–Kier alpha value is -1.57. The number of nitrogens with zero attached hydrogens (tertiary/aromatic N) is 5. The summed E-state index contributed by atoms with van der Waals surface area (Å²) in [6.07, 6.45) is 6.77. The zero-order valence-corrected chi connectivity index (χ0v) is 10.2. The second kappa shape index (κ2) is 3.78. The van der Waals surface area contributed by atoms with Crippen molar-refractivity contribution in [2.75, 3.05) is 0 Å². The van der Waals surface area contributed by atoms with E-state index in [-0.39, 0.29) is 0 Å². The smallest absolute Gasteiger partial charge is 0.154 e. The van der Waals surface area contributed by atoms with Gasteiger partial charge in [0.05, 0.1) is 11.9 Å². The topological polar surface area (TPSA) is 56.0 Å². The summed E-state index contributed by atoms with van der Waals surface area (Å²) in [4.78, 5) is 12.2. The van der Waals surface area contributed by atoms with E-state index >= 15 is 0 Å². The number of aromatic nitrogens is 5. The van der Waals surface area contributed by atoms with Crippen LogP contribution in [0.1, 0.15) is 0 Å². The molecule has 5 nitrogen and oxygen atoms in total. The molecule has 3 heterocycles. The Morgan fingerprint density at radius 3 is 2.69 bits per heavy atom. The van der Waals surface area contributed by atoms with Crippen molar-refractivity contribution in [1.82, 2.24) is 24.6 Å². The molecule has 0 bridgehead atoms. The van der Waals surface area contributed by atoms with Gasteiger partial charge in [0.2, 0.25) is 0 Å². The van der Waals surface area contributed by atoms with Crippen molar-refractivity contribution in [1.29, 1.82) is 0 Å². The molecule has 6 heteroatoms. The van der Waals surface area contributed by atoms with E-state index in [1.54, 1.807) is 23.1 Å². The predicted molar refractivity (Wildman–Crippen MR) is 66.7 cm³/mol. The van der Waals surface area contributed by atoms with Crippen molar-refractivity contribution >= 4 is 28.2 Å². The molecule has 3 aromatic rings. The monoisotopic (exact) mass is 323 g/mol. The van der Waals surface area contributed by atoms with E-state index in [4.69, 9.17) is 0 Å². The summed E-state index contributed by atoms with van der Waals surface area (Å²) in [6.45, 7) is 0. The fourth-order valence-corrected chi connectivity index (χ4v) is 1.92. The first-order valence-corrected chi connectivity index (χ1v) is 5.68. The van der Waals surface area contributed by atoms with Crippen molar-refractivity contribution in [2.24, 2.45) is 0 Å². The van der Waals surface area contributed by atoms with Crippen molar-refractivity contribution in [2.45, 2.75) is 0 Å². The van der Waals surface area contributed by atoms with Gasteiger partial charge in [0, 0.05) is 18.0 Å². The Bertz CT molecular complexity index is 634. The first kappa shape index (κ1) is 9.64. The first-order valence-electron chi connectivity index (χ1n) is 4.60. The molecule has 3 aromatic heterocycles. The lowest BCUT2D eigenvalue weighted by Crippen LogP contribution is -1.96. The molecular formula is C10H6IN5. The lowest BCUT2D eigenvalue weighted by molar-refractivity contribution is 0.918. The summed E-state index contributed by atoms with van der Waals surface area (Å²) in [5, 5.41) is 4.47. The zero-order valence-electron chi connectivity index (χ0n) is 8.08. The quantitative estimate of drug-likeness (QED) is 0.641. The molecule has 0 radical (unpaired) electrons. The minimum absolute atomic E-state index is 0.837. The fourth-order valence-electron chi connectivity index (χ4n) is 1.43. The van der Waals surface area contributed by atoms with Crippen LogP contribution in [0, 0.1) is 3.70 Å². The highest BCUT2D eigenvalue weighted by atomic mass is 127. The van der Waals surface area contributed by atoms with Crippen molar-refractivity contribution in [3.63, 3.8) is 0 Å². The van der Waals surface area contributed by atoms with Crippen molar-refractivity contribution < 1.29 is 0 Å². The highest BCUT2D eigenvalue weighted by molar-refractivity contribution is 14.1. The Morgan fingerprint density at radius 2 is 1.88 bits per heavy atom. The molecular weight excluding hydrogens is 317 g/mol. The standard InChI is InChI=1S/C10H6IN5/c11-9-5-14-10-2-1-8(15-16(9)10)7-3-12-6-13-4-7/h1-6H. The lowest BCUT2D eigenvalue weighted by atomic mass is 10.2. The summed E-state index contributed by atoms with van der Waals surface area (Å²) in [5.41, 5.74) is 2.57. The third kappa shape index (κ3) is 1.54. The molecule has 0 fully saturated rings. The zero-order chi connectivity index (χ0) is 11.0. The minimum atomic E-state index is 0.837. The molecule has 0 aromatic carbocycles. The number of fused-ring (bicyclic) bond motifs is 1. The third-order valence-corrected chi connectivity index (χ3v) is 2.91. The van der Waals surface area contributed by atoms with E-state index in [0.29, 0.717) is 0 Å². The van der Waals surface area contributed by atoms with E-state index in [9.17, 15) is 0 Å². The number of imidazole rings is 1. The Balaban J connectivity index is 2.22. The number of hydrogen-bond acceptors (Lipinski definition) is 4. The van der Waals surface area contributed by atoms with Gasteiger partial charge in [-0.3, -0.25) is 0 Å². The van der Waals surface area contributed by atoms with Gasteiger partial charge in [-0.25, -0.2) is 19.5 Å². The second-order valence-electron chi connectivity index (χ2n) is 3.20. The van der Waals surface area contributed by atoms with Crippen LogP contribution in [0.5, 0.6) is 0 Å². The number of halogens is 1. The minimum Gasteiger partial charge on any atom is -0.244 e. The van der Waals surface area contributed by atoms with Crippen LogP contribution in [0.3, 0.4) is 0 Å². The van der Waals surface area contributed by atoms with Gasteiger partial charge in [-0.1, -0.05) is 0 Å². The average Bonchev–Trinajstić information content (AvgIpc) is 2.72. The van der Waals surface area contributed by atoms with Crippen LogP contribution >= 0.6 is 22.6 Å². The van der Waals surface area contributed by atoms with Crippen LogP contribution in [-0.4, -0.2) is 24.6 Å². The van der Waals surface area contributed by atoms with Crippen molar-refractivity contribution in [3.8, 4) is 11.3 Å². The summed E-state index contributed by atoms with van der Waals surface area (Å²) in [6, 6.07) is 3.84. The van der Waals surface area contributed by atoms with Crippen LogP contribution in [0.25, 0.3) is 16.9 Å². The highest BCUT2D eigenvalue weighted by Crippen LogP contribution is 2.16. The van der Waals surface area contributed by atoms with Gasteiger partial charge in [-0.2, -0.15) is 5.10 Å². The van der Waals surface area contributed by atoms with E-state index in [1.165, 1.54) is 6.33 Å². The molecule has 0 saturated heterocycles. The molecule has 0 atom stereocenters. The third-order valence-electron chi connectivity index (χ3n) is 2.18. The van der Waals surface area contributed by atoms with Gasteiger partial charge in [0.15, 0.2) is 5.65 Å². The Kier molecular flexibility index (Phi) is 2.28. The summed E-state index contributed by atoms with van der Waals surface area (Å²) in [5.74, 6) is 0. The summed E-state index contributed by atoms with van der Waals surface area (Å²) < 4.78 is 2.77. The average molecular weight is 323 g/mol. The molecule has 0 amide bonds. The van der Waals surface area contributed by atoms with Gasteiger partial charge < -0.3 is 0 Å². The van der Waals surface area contributed by atoms with Crippen molar-refractivity contribution in [3.05, 3.63) is 40.8 Å². The maximum Gasteiger partial charge on any atom is 0.154 e. The predicted octanol–water partition coefficient (Wildman–Crippen LogP) is 1.79.